The molecule has 142 valence electrons. The van der Waals surface area contributed by atoms with Gasteiger partial charge in [-0.3, -0.25) is 4.79 Å². The zero-order chi connectivity index (χ0) is 20.0. The van der Waals surface area contributed by atoms with Gasteiger partial charge >= 0.3 is 5.97 Å². The molecule has 2 heterocycles. The van der Waals surface area contributed by atoms with E-state index in [1.165, 1.54) is 24.3 Å². The molecule has 0 spiro atoms. The standard InChI is InChI=1S/C20H12F3NO3S/c21-10-4-1-3-9(7-10)15-17-18(28-19(15)20(26)27)11(8-14(25)24-17)16-12(22)5-2-6-13(16)23/h1-7,11H,8H2,(H,24,25)(H,26,27)/t11-/m0/s1. The topological polar surface area (TPSA) is 66.4 Å². The van der Waals surface area contributed by atoms with Gasteiger partial charge in [-0.05, 0) is 29.8 Å². The van der Waals surface area contributed by atoms with Crippen molar-refractivity contribution in [2.24, 2.45) is 0 Å². The van der Waals surface area contributed by atoms with Gasteiger partial charge in [0.2, 0.25) is 5.91 Å². The Balaban J connectivity index is 1.99. The summed E-state index contributed by atoms with van der Waals surface area (Å²) in [6, 6.07) is 8.67. The van der Waals surface area contributed by atoms with Gasteiger partial charge in [-0.2, -0.15) is 0 Å². The SMILES string of the molecule is O=C1C[C@@H](c2c(F)cccc2F)c2sc(C(=O)O)c(-c3cccc(F)c3)c2N1. The Bertz CT molecular complexity index is 1110. The van der Waals surface area contributed by atoms with E-state index in [4.69, 9.17) is 0 Å². The fraction of sp³-hybridized carbons (Fsp3) is 0.100. The summed E-state index contributed by atoms with van der Waals surface area (Å²) in [6.45, 7) is 0. The smallest absolute Gasteiger partial charge is 0.346 e. The van der Waals surface area contributed by atoms with E-state index in [2.05, 4.69) is 5.32 Å². The first kappa shape index (κ1) is 18.2. The summed E-state index contributed by atoms with van der Waals surface area (Å²) in [4.78, 5) is 24.3. The van der Waals surface area contributed by atoms with Gasteiger partial charge in [0, 0.05) is 28.3 Å². The number of carbonyl (C=O) groups is 2. The van der Waals surface area contributed by atoms with Crippen molar-refractivity contribution >= 4 is 28.9 Å². The third kappa shape index (κ3) is 2.95. The van der Waals surface area contributed by atoms with Crippen LogP contribution in [-0.4, -0.2) is 17.0 Å². The molecule has 0 radical (unpaired) electrons. The minimum atomic E-state index is -1.28. The van der Waals surface area contributed by atoms with Crippen LogP contribution in [0.3, 0.4) is 0 Å². The second-order valence-electron chi connectivity index (χ2n) is 6.30. The Morgan fingerprint density at radius 1 is 1.11 bits per heavy atom. The lowest BCUT2D eigenvalue weighted by molar-refractivity contribution is -0.116. The minimum Gasteiger partial charge on any atom is -0.477 e. The molecular weight excluding hydrogens is 391 g/mol. The van der Waals surface area contributed by atoms with Crippen LogP contribution < -0.4 is 5.32 Å². The number of halogens is 3. The van der Waals surface area contributed by atoms with Crippen LogP contribution in [0.1, 0.15) is 32.5 Å². The number of carbonyl (C=O) groups excluding carboxylic acids is 1. The molecule has 1 atom stereocenters. The lowest BCUT2D eigenvalue weighted by Gasteiger charge is -2.24. The molecule has 8 heteroatoms. The van der Waals surface area contributed by atoms with E-state index >= 15 is 0 Å². The maximum Gasteiger partial charge on any atom is 0.346 e. The molecule has 0 saturated carbocycles. The lowest BCUT2D eigenvalue weighted by atomic mass is 9.88. The van der Waals surface area contributed by atoms with Crippen LogP contribution in [0.2, 0.25) is 0 Å². The average molecular weight is 403 g/mol. The monoisotopic (exact) mass is 403 g/mol. The maximum atomic E-state index is 14.4. The molecule has 28 heavy (non-hydrogen) atoms. The highest BCUT2D eigenvalue weighted by molar-refractivity contribution is 7.15. The molecule has 1 amide bonds. The van der Waals surface area contributed by atoms with E-state index in [1.54, 1.807) is 0 Å². The summed E-state index contributed by atoms with van der Waals surface area (Å²) in [5.74, 6) is -4.97. The molecule has 2 N–H and O–H groups in total. The largest absolute Gasteiger partial charge is 0.477 e. The molecule has 2 aromatic carbocycles. The quantitative estimate of drug-likeness (QED) is 0.647. The first-order valence-electron chi connectivity index (χ1n) is 8.26. The molecule has 4 nitrogen and oxygen atoms in total. The molecule has 0 saturated heterocycles. The van der Waals surface area contributed by atoms with Crippen molar-refractivity contribution in [3.05, 3.63) is 75.2 Å². The van der Waals surface area contributed by atoms with Crippen LogP contribution in [0.15, 0.2) is 42.5 Å². The number of nitrogens with one attached hydrogen (secondary N) is 1. The van der Waals surface area contributed by atoms with Crippen molar-refractivity contribution in [2.45, 2.75) is 12.3 Å². The van der Waals surface area contributed by atoms with E-state index < -0.39 is 35.2 Å². The van der Waals surface area contributed by atoms with E-state index in [0.717, 1.165) is 29.5 Å². The first-order valence-corrected chi connectivity index (χ1v) is 9.08. The van der Waals surface area contributed by atoms with Gasteiger partial charge in [0.15, 0.2) is 0 Å². The van der Waals surface area contributed by atoms with E-state index in [1.807, 2.05) is 0 Å². The van der Waals surface area contributed by atoms with Gasteiger partial charge in [0.05, 0.1) is 5.69 Å². The molecule has 0 unspecified atom stereocenters. The number of benzene rings is 2. The number of carboxylic acid groups (broad SMARTS) is 1. The van der Waals surface area contributed by atoms with Crippen LogP contribution in [0.5, 0.6) is 0 Å². The third-order valence-corrected chi connectivity index (χ3v) is 5.85. The van der Waals surface area contributed by atoms with Crippen LogP contribution in [0.4, 0.5) is 18.9 Å². The van der Waals surface area contributed by atoms with Gasteiger partial charge in [0.25, 0.3) is 0 Å². The first-order chi connectivity index (χ1) is 13.4. The molecule has 1 aliphatic heterocycles. The number of thiophene rings is 1. The van der Waals surface area contributed by atoms with E-state index in [0.29, 0.717) is 4.88 Å². The summed E-state index contributed by atoms with van der Waals surface area (Å²) >= 11 is 0.823. The van der Waals surface area contributed by atoms with Gasteiger partial charge in [-0.1, -0.05) is 18.2 Å². The highest BCUT2D eigenvalue weighted by atomic mass is 32.1. The predicted molar refractivity (Wildman–Crippen MR) is 98.1 cm³/mol. The Morgan fingerprint density at radius 2 is 1.79 bits per heavy atom. The fourth-order valence-corrected chi connectivity index (χ4v) is 4.66. The Kier molecular flexibility index (Phi) is 4.43. The Morgan fingerprint density at radius 3 is 2.43 bits per heavy atom. The maximum absolute atomic E-state index is 14.4. The number of hydrogen-bond acceptors (Lipinski definition) is 3. The highest BCUT2D eigenvalue weighted by Gasteiger charge is 2.36. The predicted octanol–water partition coefficient (Wildman–Crippen LogP) is 5.00. The number of hydrogen-bond donors (Lipinski definition) is 2. The van der Waals surface area contributed by atoms with Crippen LogP contribution in [0.25, 0.3) is 11.1 Å². The number of carboxylic acids is 1. The van der Waals surface area contributed by atoms with Gasteiger partial charge < -0.3 is 10.4 Å². The normalized spacial score (nSPS) is 15.8. The summed E-state index contributed by atoms with van der Waals surface area (Å²) in [5, 5.41) is 12.2. The minimum absolute atomic E-state index is 0.127. The molecule has 0 fully saturated rings. The van der Waals surface area contributed by atoms with Crippen molar-refractivity contribution in [1.29, 1.82) is 0 Å². The zero-order valence-electron chi connectivity index (χ0n) is 14.1. The third-order valence-electron chi connectivity index (χ3n) is 4.56. The van der Waals surface area contributed by atoms with Gasteiger partial charge in [-0.15, -0.1) is 11.3 Å². The van der Waals surface area contributed by atoms with Crippen molar-refractivity contribution in [1.82, 2.24) is 0 Å². The van der Waals surface area contributed by atoms with Crippen molar-refractivity contribution in [3.8, 4) is 11.1 Å². The number of amides is 1. The van der Waals surface area contributed by atoms with Crippen LogP contribution in [-0.2, 0) is 4.79 Å². The molecule has 1 aliphatic rings. The number of fused-ring (bicyclic) bond motifs is 1. The molecular formula is C20H12F3NO3S. The zero-order valence-corrected chi connectivity index (χ0v) is 14.9. The molecule has 3 aromatic rings. The summed E-state index contributed by atoms with van der Waals surface area (Å²) < 4.78 is 42.4. The summed E-state index contributed by atoms with van der Waals surface area (Å²) in [7, 11) is 0. The fourth-order valence-electron chi connectivity index (χ4n) is 3.43. The van der Waals surface area contributed by atoms with Gasteiger partial charge in [-0.25, -0.2) is 18.0 Å². The molecule has 1 aromatic heterocycles. The summed E-state index contributed by atoms with van der Waals surface area (Å²) in [6.07, 6.45) is -0.229. The summed E-state index contributed by atoms with van der Waals surface area (Å²) in [5.41, 5.74) is 0.242. The second kappa shape index (κ2) is 6.79. The lowest BCUT2D eigenvalue weighted by Crippen LogP contribution is -2.23. The van der Waals surface area contributed by atoms with Crippen LogP contribution in [0, 0.1) is 17.5 Å². The molecule has 0 aliphatic carbocycles. The molecule has 4 rings (SSSR count). The number of aromatic carboxylic acids is 1. The number of anilines is 1. The highest BCUT2D eigenvalue weighted by Crippen LogP contribution is 2.50. The van der Waals surface area contributed by atoms with Crippen molar-refractivity contribution < 1.29 is 27.9 Å². The van der Waals surface area contributed by atoms with Crippen molar-refractivity contribution in [3.63, 3.8) is 0 Å². The van der Waals surface area contributed by atoms with Crippen LogP contribution >= 0.6 is 11.3 Å². The molecule has 0 bridgehead atoms. The number of rotatable bonds is 3. The van der Waals surface area contributed by atoms with Gasteiger partial charge in [0.1, 0.15) is 22.3 Å². The Hall–Kier alpha value is -3.13. The van der Waals surface area contributed by atoms with E-state index in [-0.39, 0.29) is 33.7 Å². The van der Waals surface area contributed by atoms with E-state index in [9.17, 15) is 27.9 Å². The van der Waals surface area contributed by atoms with Crippen molar-refractivity contribution in [2.75, 3.05) is 5.32 Å². The second-order valence-corrected chi connectivity index (χ2v) is 7.35. The average Bonchev–Trinajstić information content (AvgIpc) is 3.01. The Labute approximate surface area is 161 Å².